The van der Waals surface area contributed by atoms with Crippen molar-refractivity contribution in [1.29, 1.82) is 0 Å². The molecular formula is C22H23N3O. The van der Waals surface area contributed by atoms with Gasteiger partial charge in [0.2, 0.25) is 0 Å². The molecule has 0 aliphatic heterocycles. The highest BCUT2D eigenvalue weighted by Crippen LogP contribution is 2.20. The Kier molecular flexibility index (Phi) is 5.32. The van der Waals surface area contributed by atoms with Crippen molar-refractivity contribution in [2.75, 3.05) is 10.6 Å². The zero-order valence-corrected chi connectivity index (χ0v) is 15.3. The molecular weight excluding hydrogens is 322 g/mol. The van der Waals surface area contributed by atoms with Crippen LogP contribution in [0.5, 0.6) is 0 Å². The molecule has 0 atom stereocenters. The maximum atomic E-state index is 12.5. The first-order valence-corrected chi connectivity index (χ1v) is 8.75. The Morgan fingerprint density at radius 2 is 1.62 bits per heavy atom. The van der Waals surface area contributed by atoms with Crippen LogP contribution in [0.4, 0.5) is 17.1 Å². The van der Waals surface area contributed by atoms with E-state index in [1.807, 2.05) is 30.3 Å². The molecule has 0 saturated carbocycles. The number of nitrogens with one attached hydrogen (secondary N) is 2. The highest BCUT2D eigenvalue weighted by molar-refractivity contribution is 6.04. The second kappa shape index (κ2) is 7.83. The lowest BCUT2D eigenvalue weighted by molar-refractivity contribution is 0.102. The van der Waals surface area contributed by atoms with Gasteiger partial charge in [0.15, 0.2) is 0 Å². The molecule has 1 heterocycles. The van der Waals surface area contributed by atoms with Crippen molar-refractivity contribution in [2.24, 2.45) is 0 Å². The number of benzene rings is 2. The fourth-order valence-electron chi connectivity index (χ4n) is 2.65. The number of rotatable bonds is 5. The minimum atomic E-state index is -0.175. The number of pyridine rings is 1. The Morgan fingerprint density at radius 3 is 2.31 bits per heavy atom. The quantitative estimate of drug-likeness (QED) is 0.663. The molecule has 0 unspecified atom stereocenters. The van der Waals surface area contributed by atoms with Crippen molar-refractivity contribution in [2.45, 2.75) is 27.2 Å². The third-order valence-electron chi connectivity index (χ3n) is 4.42. The van der Waals surface area contributed by atoms with Crippen molar-refractivity contribution in [1.82, 2.24) is 4.98 Å². The summed E-state index contributed by atoms with van der Waals surface area (Å²) in [4.78, 5) is 16.7. The van der Waals surface area contributed by atoms with Crippen LogP contribution in [0.2, 0.25) is 0 Å². The SMILES string of the molecule is CCc1ccc(NC(=O)c2cncc(Nc3ccc(C)c(C)c3)c2)cc1. The van der Waals surface area contributed by atoms with Crippen LogP contribution in [-0.2, 0) is 6.42 Å². The molecule has 0 aliphatic rings. The summed E-state index contributed by atoms with van der Waals surface area (Å²) < 4.78 is 0. The van der Waals surface area contributed by atoms with Gasteiger partial charge >= 0.3 is 0 Å². The van der Waals surface area contributed by atoms with Crippen molar-refractivity contribution in [3.63, 3.8) is 0 Å². The molecule has 3 aromatic rings. The average Bonchev–Trinajstić information content (AvgIpc) is 2.65. The average molecular weight is 345 g/mol. The smallest absolute Gasteiger partial charge is 0.257 e. The number of nitrogens with zero attached hydrogens (tertiary/aromatic N) is 1. The van der Waals surface area contributed by atoms with Crippen LogP contribution >= 0.6 is 0 Å². The molecule has 0 fully saturated rings. The molecule has 4 nitrogen and oxygen atoms in total. The van der Waals surface area contributed by atoms with Gasteiger partial charge in [0.1, 0.15) is 0 Å². The summed E-state index contributed by atoms with van der Waals surface area (Å²) in [6.45, 7) is 6.26. The van der Waals surface area contributed by atoms with Crippen LogP contribution in [0.15, 0.2) is 60.9 Å². The maximum Gasteiger partial charge on any atom is 0.257 e. The van der Waals surface area contributed by atoms with E-state index in [0.29, 0.717) is 5.56 Å². The maximum absolute atomic E-state index is 12.5. The van der Waals surface area contributed by atoms with Crippen LogP contribution in [0, 0.1) is 13.8 Å². The van der Waals surface area contributed by atoms with Gasteiger partial charge < -0.3 is 10.6 Å². The number of aromatic nitrogens is 1. The van der Waals surface area contributed by atoms with Crippen LogP contribution in [0.3, 0.4) is 0 Å². The predicted molar refractivity (Wildman–Crippen MR) is 107 cm³/mol. The highest BCUT2D eigenvalue weighted by atomic mass is 16.1. The first-order valence-electron chi connectivity index (χ1n) is 8.75. The van der Waals surface area contributed by atoms with E-state index in [2.05, 4.69) is 48.5 Å². The molecule has 1 amide bonds. The first-order chi connectivity index (χ1) is 12.5. The highest BCUT2D eigenvalue weighted by Gasteiger charge is 2.08. The van der Waals surface area contributed by atoms with Crippen LogP contribution < -0.4 is 10.6 Å². The van der Waals surface area contributed by atoms with E-state index in [1.165, 1.54) is 16.7 Å². The molecule has 0 radical (unpaired) electrons. The second-order valence-electron chi connectivity index (χ2n) is 6.39. The Bertz CT molecular complexity index is 917. The summed E-state index contributed by atoms with van der Waals surface area (Å²) in [5.41, 5.74) is 6.75. The van der Waals surface area contributed by atoms with Crippen LogP contribution in [0.25, 0.3) is 0 Å². The third-order valence-corrected chi connectivity index (χ3v) is 4.42. The summed E-state index contributed by atoms with van der Waals surface area (Å²) in [7, 11) is 0. The Morgan fingerprint density at radius 1 is 0.885 bits per heavy atom. The molecule has 3 rings (SSSR count). The lowest BCUT2D eigenvalue weighted by Gasteiger charge is -2.10. The summed E-state index contributed by atoms with van der Waals surface area (Å²) in [5.74, 6) is -0.175. The van der Waals surface area contributed by atoms with Gasteiger partial charge in [-0.15, -0.1) is 0 Å². The molecule has 0 bridgehead atoms. The molecule has 0 saturated heterocycles. The van der Waals surface area contributed by atoms with Gasteiger partial charge in [-0.2, -0.15) is 0 Å². The van der Waals surface area contributed by atoms with E-state index >= 15 is 0 Å². The lowest BCUT2D eigenvalue weighted by atomic mass is 10.1. The Balaban J connectivity index is 1.73. The number of aryl methyl sites for hydroxylation is 3. The molecule has 2 N–H and O–H groups in total. The molecule has 132 valence electrons. The minimum Gasteiger partial charge on any atom is -0.354 e. The summed E-state index contributed by atoms with van der Waals surface area (Å²) >= 11 is 0. The molecule has 4 heteroatoms. The fourth-order valence-corrected chi connectivity index (χ4v) is 2.65. The van der Waals surface area contributed by atoms with Crippen molar-refractivity contribution in [3.05, 3.63) is 83.2 Å². The van der Waals surface area contributed by atoms with Gasteiger partial charge in [-0.25, -0.2) is 0 Å². The largest absolute Gasteiger partial charge is 0.354 e. The van der Waals surface area contributed by atoms with E-state index in [1.54, 1.807) is 18.5 Å². The minimum absolute atomic E-state index is 0.175. The van der Waals surface area contributed by atoms with Crippen molar-refractivity contribution >= 4 is 23.0 Å². The third kappa shape index (κ3) is 4.28. The first kappa shape index (κ1) is 17.7. The molecule has 0 aliphatic carbocycles. The standard InChI is InChI=1S/C22H23N3O/c1-4-17-6-9-19(10-7-17)25-22(26)18-12-21(14-23-13-18)24-20-8-5-15(2)16(3)11-20/h5-14,24H,4H2,1-3H3,(H,25,26). The second-order valence-corrected chi connectivity index (χ2v) is 6.39. The molecule has 2 aromatic carbocycles. The Labute approximate surface area is 154 Å². The van der Waals surface area contributed by atoms with Crippen LogP contribution in [0.1, 0.15) is 34.0 Å². The Hall–Kier alpha value is -3.14. The zero-order chi connectivity index (χ0) is 18.5. The van der Waals surface area contributed by atoms with Gasteiger partial charge in [-0.3, -0.25) is 9.78 Å². The predicted octanol–water partition coefficient (Wildman–Crippen LogP) is 5.26. The summed E-state index contributed by atoms with van der Waals surface area (Å²) in [6, 6.07) is 15.8. The number of anilines is 3. The van der Waals surface area contributed by atoms with E-state index < -0.39 is 0 Å². The van der Waals surface area contributed by atoms with E-state index in [0.717, 1.165) is 23.5 Å². The van der Waals surface area contributed by atoms with Gasteiger partial charge in [0.05, 0.1) is 17.4 Å². The van der Waals surface area contributed by atoms with Crippen LogP contribution in [-0.4, -0.2) is 10.9 Å². The number of carbonyl (C=O) groups excluding carboxylic acids is 1. The van der Waals surface area contributed by atoms with Crippen molar-refractivity contribution in [3.8, 4) is 0 Å². The van der Waals surface area contributed by atoms with E-state index in [-0.39, 0.29) is 5.91 Å². The number of hydrogen-bond acceptors (Lipinski definition) is 3. The van der Waals surface area contributed by atoms with Crippen molar-refractivity contribution < 1.29 is 4.79 Å². The van der Waals surface area contributed by atoms with Gasteiger partial charge in [0, 0.05) is 17.6 Å². The molecule has 1 aromatic heterocycles. The van der Waals surface area contributed by atoms with Gasteiger partial charge in [0.25, 0.3) is 5.91 Å². The number of carbonyl (C=O) groups is 1. The molecule has 0 spiro atoms. The number of amides is 1. The van der Waals surface area contributed by atoms with Gasteiger partial charge in [-0.05, 0) is 67.3 Å². The normalized spacial score (nSPS) is 10.4. The zero-order valence-electron chi connectivity index (χ0n) is 15.3. The fraction of sp³-hybridized carbons (Fsp3) is 0.182. The molecule has 26 heavy (non-hydrogen) atoms. The summed E-state index contributed by atoms with van der Waals surface area (Å²) in [5, 5.41) is 6.21. The topological polar surface area (TPSA) is 54.0 Å². The van der Waals surface area contributed by atoms with E-state index in [4.69, 9.17) is 0 Å². The lowest BCUT2D eigenvalue weighted by Crippen LogP contribution is -2.12. The van der Waals surface area contributed by atoms with Gasteiger partial charge in [-0.1, -0.05) is 25.1 Å². The monoisotopic (exact) mass is 345 g/mol. The number of hydrogen-bond donors (Lipinski definition) is 2. The van der Waals surface area contributed by atoms with E-state index in [9.17, 15) is 4.79 Å². The summed E-state index contributed by atoms with van der Waals surface area (Å²) in [6.07, 6.45) is 4.26.